The Morgan fingerprint density at radius 3 is 2.65 bits per heavy atom. The Balaban J connectivity index is 2.05. The second-order valence-electron chi connectivity index (χ2n) is 3.93. The van der Waals surface area contributed by atoms with Crippen LogP contribution < -0.4 is 20.7 Å². The predicted molar refractivity (Wildman–Crippen MR) is 74.8 cm³/mol. The number of methoxy groups -OCH3 is 1. The van der Waals surface area contributed by atoms with E-state index in [2.05, 4.69) is 4.98 Å². The van der Waals surface area contributed by atoms with Gasteiger partial charge in [0.15, 0.2) is 11.5 Å². The molecule has 0 fully saturated rings. The van der Waals surface area contributed by atoms with Gasteiger partial charge in [-0.1, -0.05) is 23.7 Å². The topological polar surface area (TPSA) is 73.3 Å². The number of nitrogens with one attached hydrogen (secondary N) is 1. The van der Waals surface area contributed by atoms with Crippen molar-refractivity contribution in [1.29, 1.82) is 0 Å². The smallest absolute Gasteiger partial charge is 0.328 e. The number of benzene rings is 1. The van der Waals surface area contributed by atoms with Crippen LogP contribution in [0.5, 0.6) is 11.5 Å². The average molecular weight is 297 g/mol. The minimum Gasteiger partial charge on any atom is -0.493 e. The molecule has 1 aromatic heterocycles. The van der Waals surface area contributed by atoms with E-state index in [1.54, 1.807) is 19.2 Å². The van der Waals surface area contributed by atoms with Gasteiger partial charge in [0.2, 0.25) is 0 Å². The molecule has 0 spiro atoms. The molecule has 0 aliphatic rings. The Kier molecular flexibility index (Phi) is 4.47. The zero-order chi connectivity index (χ0) is 14.5. The van der Waals surface area contributed by atoms with Crippen molar-refractivity contribution >= 4 is 11.6 Å². The monoisotopic (exact) mass is 296 g/mol. The first-order valence-corrected chi connectivity index (χ1v) is 6.24. The lowest BCUT2D eigenvalue weighted by atomic mass is 10.3. The minimum atomic E-state index is -0.599. The predicted octanol–water partition coefficient (Wildman–Crippen LogP) is 1.28. The number of para-hydroxylation sites is 2. The molecule has 0 unspecified atom stereocenters. The molecule has 0 amide bonds. The molecule has 0 bridgehead atoms. The molecule has 0 saturated heterocycles. The minimum absolute atomic E-state index is 0.0399. The van der Waals surface area contributed by atoms with Gasteiger partial charge in [0.1, 0.15) is 11.6 Å². The first-order chi connectivity index (χ1) is 9.61. The van der Waals surface area contributed by atoms with E-state index in [1.807, 2.05) is 12.1 Å². The third-order valence-corrected chi connectivity index (χ3v) is 2.90. The number of hydrogen-bond donors (Lipinski definition) is 1. The van der Waals surface area contributed by atoms with E-state index in [9.17, 15) is 9.59 Å². The summed E-state index contributed by atoms with van der Waals surface area (Å²) in [5.74, 6) is 1.19. The second-order valence-corrected chi connectivity index (χ2v) is 4.34. The van der Waals surface area contributed by atoms with Gasteiger partial charge in [0, 0.05) is 6.20 Å². The third kappa shape index (κ3) is 3.21. The lowest BCUT2D eigenvalue weighted by molar-refractivity contribution is 0.277. The summed E-state index contributed by atoms with van der Waals surface area (Å²) < 4.78 is 12.0. The Bertz CT molecular complexity index is 708. The first kappa shape index (κ1) is 14.2. The van der Waals surface area contributed by atoms with Crippen LogP contribution in [0.15, 0.2) is 40.1 Å². The number of ether oxygens (including phenoxy) is 2. The molecule has 2 aromatic rings. The third-order valence-electron chi connectivity index (χ3n) is 2.63. The van der Waals surface area contributed by atoms with Gasteiger partial charge in [-0.25, -0.2) is 4.79 Å². The highest BCUT2D eigenvalue weighted by atomic mass is 35.5. The van der Waals surface area contributed by atoms with Crippen LogP contribution in [-0.4, -0.2) is 23.3 Å². The van der Waals surface area contributed by atoms with Crippen molar-refractivity contribution in [3.8, 4) is 11.5 Å². The first-order valence-electron chi connectivity index (χ1n) is 5.87. The summed E-state index contributed by atoms with van der Waals surface area (Å²) in [5, 5.41) is -0.0399. The SMILES string of the molecule is COc1ccccc1OCCn1cc(Cl)c(=O)[nH]c1=O. The lowest BCUT2D eigenvalue weighted by Gasteiger charge is -2.11. The molecule has 1 heterocycles. The summed E-state index contributed by atoms with van der Waals surface area (Å²) in [6.07, 6.45) is 1.29. The molecule has 106 valence electrons. The maximum atomic E-state index is 11.5. The molecule has 1 aromatic carbocycles. The number of nitrogens with zero attached hydrogens (tertiary/aromatic N) is 1. The zero-order valence-electron chi connectivity index (χ0n) is 10.8. The van der Waals surface area contributed by atoms with Crippen LogP contribution in [0.4, 0.5) is 0 Å². The Morgan fingerprint density at radius 1 is 1.25 bits per heavy atom. The van der Waals surface area contributed by atoms with Gasteiger partial charge in [-0.2, -0.15) is 0 Å². The summed E-state index contributed by atoms with van der Waals surface area (Å²) >= 11 is 5.67. The molecule has 0 aliphatic heterocycles. The van der Waals surface area contributed by atoms with E-state index in [1.165, 1.54) is 10.8 Å². The number of rotatable bonds is 5. The number of aromatic nitrogens is 2. The molecule has 20 heavy (non-hydrogen) atoms. The van der Waals surface area contributed by atoms with Crippen molar-refractivity contribution in [2.45, 2.75) is 6.54 Å². The Morgan fingerprint density at radius 2 is 1.95 bits per heavy atom. The fourth-order valence-electron chi connectivity index (χ4n) is 1.64. The van der Waals surface area contributed by atoms with Crippen LogP contribution in [-0.2, 0) is 6.54 Å². The van der Waals surface area contributed by atoms with Gasteiger partial charge in [-0.15, -0.1) is 0 Å². The molecule has 6 nitrogen and oxygen atoms in total. The molecular weight excluding hydrogens is 284 g/mol. The van der Waals surface area contributed by atoms with Gasteiger partial charge >= 0.3 is 5.69 Å². The van der Waals surface area contributed by atoms with Gasteiger partial charge in [-0.3, -0.25) is 14.3 Å². The van der Waals surface area contributed by atoms with Gasteiger partial charge in [0.05, 0.1) is 13.7 Å². The molecule has 0 radical (unpaired) electrons. The standard InChI is InChI=1S/C13H13ClN2O4/c1-19-10-4-2-3-5-11(10)20-7-6-16-8-9(14)12(17)15-13(16)18/h2-5,8H,6-7H2,1H3,(H,15,17,18). The van der Waals surface area contributed by atoms with Crippen molar-refractivity contribution < 1.29 is 9.47 Å². The van der Waals surface area contributed by atoms with Gasteiger partial charge < -0.3 is 9.47 Å². The van der Waals surface area contributed by atoms with E-state index < -0.39 is 11.2 Å². The van der Waals surface area contributed by atoms with E-state index in [4.69, 9.17) is 21.1 Å². The van der Waals surface area contributed by atoms with E-state index >= 15 is 0 Å². The van der Waals surface area contributed by atoms with Crippen LogP contribution in [0.25, 0.3) is 0 Å². The maximum absolute atomic E-state index is 11.5. The summed E-state index contributed by atoms with van der Waals surface area (Å²) in [7, 11) is 1.55. The van der Waals surface area contributed by atoms with Crippen molar-refractivity contribution in [3.05, 3.63) is 56.3 Å². The molecule has 0 atom stereocenters. The molecule has 0 saturated carbocycles. The Labute approximate surface area is 119 Å². The summed E-state index contributed by atoms with van der Waals surface area (Å²) in [5.41, 5.74) is -1.12. The summed E-state index contributed by atoms with van der Waals surface area (Å²) in [6.45, 7) is 0.496. The fraction of sp³-hybridized carbons (Fsp3) is 0.231. The van der Waals surface area contributed by atoms with Crippen molar-refractivity contribution in [2.24, 2.45) is 0 Å². The number of hydrogen-bond acceptors (Lipinski definition) is 4. The molecular formula is C13H13ClN2O4. The van der Waals surface area contributed by atoms with Gasteiger partial charge in [0.25, 0.3) is 5.56 Å². The van der Waals surface area contributed by atoms with Crippen LogP contribution in [0, 0.1) is 0 Å². The van der Waals surface area contributed by atoms with Gasteiger partial charge in [-0.05, 0) is 12.1 Å². The van der Waals surface area contributed by atoms with Crippen LogP contribution in [0.3, 0.4) is 0 Å². The summed E-state index contributed by atoms with van der Waals surface area (Å²) in [4.78, 5) is 24.8. The van der Waals surface area contributed by atoms with E-state index in [-0.39, 0.29) is 18.2 Å². The number of halogens is 1. The number of H-pyrrole nitrogens is 1. The normalized spacial score (nSPS) is 10.3. The van der Waals surface area contributed by atoms with Crippen molar-refractivity contribution in [1.82, 2.24) is 9.55 Å². The van der Waals surface area contributed by atoms with Crippen molar-refractivity contribution in [2.75, 3.05) is 13.7 Å². The lowest BCUT2D eigenvalue weighted by Crippen LogP contribution is -2.31. The quantitative estimate of drug-likeness (QED) is 0.902. The van der Waals surface area contributed by atoms with Crippen LogP contribution in [0.2, 0.25) is 5.02 Å². The zero-order valence-corrected chi connectivity index (χ0v) is 11.5. The fourth-order valence-corrected chi connectivity index (χ4v) is 1.81. The molecule has 7 heteroatoms. The second kappa shape index (κ2) is 6.29. The number of aromatic amines is 1. The Hall–Kier alpha value is -2.21. The molecule has 0 aliphatic carbocycles. The highest BCUT2D eigenvalue weighted by molar-refractivity contribution is 6.30. The highest BCUT2D eigenvalue weighted by Gasteiger charge is 2.04. The van der Waals surface area contributed by atoms with E-state index in [0.717, 1.165) is 0 Å². The largest absolute Gasteiger partial charge is 0.493 e. The average Bonchev–Trinajstić information content (AvgIpc) is 2.45. The van der Waals surface area contributed by atoms with E-state index in [0.29, 0.717) is 11.5 Å². The van der Waals surface area contributed by atoms with Crippen LogP contribution >= 0.6 is 11.6 Å². The van der Waals surface area contributed by atoms with Crippen LogP contribution in [0.1, 0.15) is 0 Å². The van der Waals surface area contributed by atoms with Crippen molar-refractivity contribution in [3.63, 3.8) is 0 Å². The molecule has 1 N–H and O–H groups in total. The highest BCUT2D eigenvalue weighted by Crippen LogP contribution is 2.25. The summed E-state index contributed by atoms with van der Waals surface area (Å²) in [6, 6.07) is 7.19. The molecule has 2 rings (SSSR count). The maximum Gasteiger partial charge on any atom is 0.328 e.